The van der Waals surface area contributed by atoms with Gasteiger partial charge in [-0.25, -0.2) is 9.79 Å². The first-order chi connectivity index (χ1) is 17.3. The Morgan fingerprint density at radius 1 is 1.11 bits per heavy atom. The van der Waals surface area contributed by atoms with Gasteiger partial charge >= 0.3 is 5.97 Å². The van der Waals surface area contributed by atoms with Gasteiger partial charge in [0.15, 0.2) is 16.3 Å². The fourth-order valence-electron chi connectivity index (χ4n) is 4.09. The molecular weight excluding hydrogens is 548 g/mol. The van der Waals surface area contributed by atoms with Crippen LogP contribution in [-0.4, -0.2) is 38.5 Å². The molecule has 1 aromatic heterocycles. The predicted molar refractivity (Wildman–Crippen MR) is 141 cm³/mol. The van der Waals surface area contributed by atoms with Gasteiger partial charge in [-0.15, -0.1) is 0 Å². The van der Waals surface area contributed by atoms with E-state index in [1.807, 2.05) is 24.3 Å². The van der Waals surface area contributed by atoms with Crippen molar-refractivity contribution in [1.82, 2.24) is 4.57 Å². The summed E-state index contributed by atoms with van der Waals surface area (Å²) < 4.78 is 24.5. The van der Waals surface area contributed by atoms with E-state index < -0.39 is 12.0 Å². The van der Waals surface area contributed by atoms with Crippen molar-refractivity contribution in [2.45, 2.75) is 19.9 Å². The Morgan fingerprint density at radius 2 is 1.75 bits per heavy atom. The van der Waals surface area contributed by atoms with Crippen molar-refractivity contribution < 1.29 is 23.7 Å². The number of benzene rings is 2. The average molecular weight is 573 g/mol. The Bertz CT molecular complexity index is 1500. The molecule has 4 rings (SSSR count). The summed E-state index contributed by atoms with van der Waals surface area (Å²) in [6, 6.07) is 10.4. The predicted octanol–water partition coefficient (Wildman–Crippen LogP) is 3.59. The number of aromatic nitrogens is 1. The Hall–Kier alpha value is -3.37. The molecule has 0 saturated heterocycles. The maximum atomic E-state index is 13.7. The van der Waals surface area contributed by atoms with Crippen LogP contribution in [0.1, 0.15) is 31.0 Å². The van der Waals surface area contributed by atoms with Crippen LogP contribution in [0.3, 0.4) is 0 Å². The zero-order valence-corrected chi connectivity index (χ0v) is 22.9. The van der Waals surface area contributed by atoms with Crippen molar-refractivity contribution in [3.63, 3.8) is 0 Å². The number of hydrogen-bond donors (Lipinski definition) is 0. The second kappa shape index (κ2) is 10.7. The molecule has 0 radical (unpaired) electrons. The third kappa shape index (κ3) is 4.70. The molecule has 2 heterocycles. The van der Waals surface area contributed by atoms with E-state index in [1.54, 1.807) is 36.6 Å². The molecule has 36 heavy (non-hydrogen) atoms. The number of halogens is 1. The first kappa shape index (κ1) is 25.7. The normalized spacial score (nSPS) is 15.3. The van der Waals surface area contributed by atoms with E-state index in [0.717, 1.165) is 10.0 Å². The molecule has 0 spiro atoms. The summed E-state index contributed by atoms with van der Waals surface area (Å²) in [7, 11) is 4.60. The van der Waals surface area contributed by atoms with Crippen molar-refractivity contribution in [2.75, 3.05) is 27.9 Å². The minimum absolute atomic E-state index is 0.216. The number of nitrogens with zero attached hydrogens (tertiary/aromatic N) is 2. The van der Waals surface area contributed by atoms with E-state index in [2.05, 4.69) is 20.9 Å². The summed E-state index contributed by atoms with van der Waals surface area (Å²) in [4.78, 5) is 31.8. The highest BCUT2D eigenvalue weighted by Crippen LogP contribution is 2.38. The summed E-state index contributed by atoms with van der Waals surface area (Å²) in [6.07, 6.45) is 1.75. The molecule has 1 aliphatic heterocycles. The van der Waals surface area contributed by atoms with Crippen LogP contribution < -0.4 is 29.1 Å². The van der Waals surface area contributed by atoms with Gasteiger partial charge < -0.3 is 18.9 Å². The molecule has 0 aliphatic carbocycles. The molecule has 188 valence electrons. The molecule has 1 atom stereocenters. The fourth-order valence-corrected chi connectivity index (χ4v) is 5.40. The number of allylic oxidation sites excluding steroid dienone is 1. The summed E-state index contributed by atoms with van der Waals surface area (Å²) in [5.74, 6) is 0.919. The van der Waals surface area contributed by atoms with Crippen LogP contribution in [0.25, 0.3) is 6.08 Å². The lowest BCUT2D eigenvalue weighted by Crippen LogP contribution is -2.39. The lowest BCUT2D eigenvalue weighted by atomic mass is 9.96. The third-order valence-electron chi connectivity index (χ3n) is 5.69. The molecule has 10 heteroatoms. The van der Waals surface area contributed by atoms with Crippen LogP contribution >= 0.6 is 27.3 Å². The van der Waals surface area contributed by atoms with Gasteiger partial charge in [0.25, 0.3) is 5.56 Å². The molecular formula is C26H25BrN2O6S. The van der Waals surface area contributed by atoms with E-state index in [9.17, 15) is 9.59 Å². The highest BCUT2D eigenvalue weighted by molar-refractivity contribution is 9.10. The number of fused-ring (bicyclic) bond motifs is 1. The molecule has 0 fully saturated rings. The Morgan fingerprint density at radius 3 is 2.31 bits per heavy atom. The van der Waals surface area contributed by atoms with Crippen molar-refractivity contribution in [2.24, 2.45) is 4.99 Å². The SMILES string of the molecule is CCOC(=O)C1=C(C)N=c2s/c(=C\c3cc(OC)c(OC)c(OC)c3)c(=O)n2[C@@H]1c1ccc(Br)cc1. The van der Waals surface area contributed by atoms with Gasteiger partial charge in [0.05, 0.1) is 49.8 Å². The van der Waals surface area contributed by atoms with Crippen LogP contribution in [0.15, 0.2) is 61.9 Å². The van der Waals surface area contributed by atoms with Crippen molar-refractivity contribution in [3.8, 4) is 17.2 Å². The van der Waals surface area contributed by atoms with E-state index >= 15 is 0 Å². The Balaban J connectivity index is 1.94. The number of rotatable bonds is 7. The van der Waals surface area contributed by atoms with Gasteiger partial charge in [0.1, 0.15) is 0 Å². The standard InChI is InChI=1S/C26H25BrN2O6S/c1-6-35-25(31)21-14(2)28-26-29(22(21)16-7-9-17(27)10-8-16)24(30)20(36-26)13-15-11-18(32-3)23(34-5)19(12-15)33-4/h7-13,22H,6H2,1-5H3/b20-13-/t22-/m1/s1. The number of ether oxygens (including phenoxy) is 4. The highest BCUT2D eigenvalue weighted by Gasteiger charge is 2.33. The van der Waals surface area contributed by atoms with E-state index in [4.69, 9.17) is 18.9 Å². The molecule has 1 aliphatic rings. The zero-order valence-electron chi connectivity index (χ0n) is 20.5. The highest BCUT2D eigenvalue weighted by atomic mass is 79.9. The van der Waals surface area contributed by atoms with Gasteiger partial charge in [0, 0.05) is 4.47 Å². The minimum Gasteiger partial charge on any atom is -0.493 e. The monoisotopic (exact) mass is 572 g/mol. The van der Waals surface area contributed by atoms with E-state index in [1.165, 1.54) is 32.7 Å². The van der Waals surface area contributed by atoms with E-state index in [-0.39, 0.29) is 12.2 Å². The molecule has 0 unspecified atom stereocenters. The number of methoxy groups -OCH3 is 3. The van der Waals surface area contributed by atoms with Crippen LogP contribution in [0.4, 0.5) is 0 Å². The van der Waals surface area contributed by atoms with Crippen LogP contribution in [0.5, 0.6) is 17.2 Å². The van der Waals surface area contributed by atoms with Crippen LogP contribution in [0.2, 0.25) is 0 Å². The van der Waals surface area contributed by atoms with Gasteiger partial charge in [0.2, 0.25) is 5.75 Å². The molecule has 2 aromatic carbocycles. The quantitative estimate of drug-likeness (QED) is 0.402. The lowest BCUT2D eigenvalue weighted by Gasteiger charge is -2.24. The molecule has 0 saturated carbocycles. The van der Waals surface area contributed by atoms with Crippen molar-refractivity contribution in [1.29, 1.82) is 0 Å². The fraction of sp³-hybridized carbons (Fsp3) is 0.269. The van der Waals surface area contributed by atoms with Crippen LogP contribution in [0, 0.1) is 0 Å². The van der Waals surface area contributed by atoms with Gasteiger partial charge in [-0.1, -0.05) is 39.4 Å². The first-order valence-corrected chi connectivity index (χ1v) is 12.7. The summed E-state index contributed by atoms with van der Waals surface area (Å²) in [5, 5.41) is 0. The molecule has 0 bridgehead atoms. The summed E-state index contributed by atoms with van der Waals surface area (Å²) in [6.45, 7) is 3.72. The number of carbonyl (C=O) groups is 1. The lowest BCUT2D eigenvalue weighted by molar-refractivity contribution is -0.139. The largest absolute Gasteiger partial charge is 0.493 e. The van der Waals surface area contributed by atoms with Crippen LogP contribution in [-0.2, 0) is 9.53 Å². The number of esters is 1. The summed E-state index contributed by atoms with van der Waals surface area (Å²) >= 11 is 4.69. The third-order valence-corrected chi connectivity index (χ3v) is 7.20. The topological polar surface area (TPSA) is 88.4 Å². The molecule has 8 nitrogen and oxygen atoms in total. The maximum absolute atomic E-state index is 13.7. The van der Waals surface area contributed by atoms with Gasteiger partial charge in [-0.2, -0.15) is 0 Å². The molecule has 0 N–H and O–H groups in total. The number of carbonyl (C=O) groups excluding carboxylic acids is 1. The molecule has 0 amide bonds. The van der Waals surface area contributed by atoms with Crippen molar-refractivity contribution in [3.05, 3.63) is 83.0 Å². The number of hydrogen-bond acceptors (Lipinski definition) is 8. The minimum atomic E-state index is -0.671. The van der Waals surface area contributed by atoms with E-state index in [0.29, 0.717) is 43.4 Å². The van der Waals surface area contributed by atoms with Crippen molar-refractivity contribution >= 4 is 39.3 Å². The van der Waals surface area contributed by atoms with Gasteiger partial charge in [-0.3, -0.25) is 9.36 Å². The first-order valence-electron chi connectivity index (χ1n) is 11.1. The Labute approximate surface area is 220 Å². The maximum Gasteiger partial charge on any atom is 0.338 e. The number of thiazole rings is 1. The second-order valence-electron chi connectivity index (χ2n) is 7.81. The second-order valence-corrected chi connectivity index (χ2v) is 9.74. The zero-order chi connectivity index (χ0) is 26.0. The Kier molecular flexibility index (Phi) is 7.65. The smallest absolute Gasteiger partial charge is 0.338 e. The average Bonchev–Trinajstić information content (AvgIpc) is 3.17. The molecule has 3 aromatic rings. The summed E-state index contributed by atoms with van der Waals surface area (Å²) in [5.41, 5.74) is 2.05. The van der Waals surface area contributed by atoms with Gasteiger partial charge in [-0.05, 0) is 55.3 Å².